The molecule has 0 aliphatic carbocycles. The molecule has 0 bridgehead atoms. The van der Waals surface area contributed by atoms with Crippen molar-refractivity contribution in [3.05, 3.63) is 65.6 Å². The van der Waals surface area contributed by atoms with E-state index in [0.29, 0.717) is 5.02 Å². The zero-order chi connectivity index (χ0) is 16.1. The fourth-order valence-electron chi connectivity index (χ4n) is 2.37. The lowest BCUT2D eigenvalue weighted by Gasteiger charge is -2.09. The largest absolute Gasteiger partial charge is 0.344 e. The van der Waals surface area contributed by atoms with Crippen molar-refractivity contribution in [2.45, 2.75) is 13.3 Å². The minimum absolute atomic E-state index is 0.685. The number of halogens is 1. The van der Waals surface area contributed by atoms with Crippen molar-refractivity contribution in [3.63, 3.8) is 0 Å². The Balaban J connectivity index is 1.70. The van der Waals surface area contributed by atoms with Gasteiger partial charge in [-0.1, -0.05) is 11.6 Å². The summed E-state index contributed by atoms with van der Waals surface area (Å²) in [6.45, 7) is 2.70. The Hall–Kier alpha value is -2.46. The maximum Gasteiger partial charge on any atom is 0.0975 e. The molecule has 2 heterocycles. The maximum atomic E-state index is 6.01. The van der Waals surface area contributed by atoms with E-state index < -0.39 is 0 Å². The van der Waals surface area contributed by atoms with Crippen molar-refractivity contribution in [3.8, 4) is 0 Å². The predicted octanol–water partition coefficient (Wildman–Crippen LogP) is 4.36. The third kappa shape index (κ3) is 4.05. The second-order valence-electron chi connectivity index (χ2n) is 5.22. The molecular formula is C18H17ClN4. The number of aromatic nitrogens is 2. The molecule has 0 radical (unpaired) electrons. The second-order valence-corrected chi connectivity index (χ2v) is 5.65. The number of pyridine rings is 2. The molecule has 0 fully saturated rings. The Morgan fingerprint density at radius 1 is 1.13 bits per heavy atom. The first-order valence-electron chi connectivity index (χ1n) is 7.43. The summed E-state index contributed by atoms with van der Waals surface area (Å²) in [5.41, 5.74) is 3.09. The molecule has 0 unspecified atom stereocenters. The summed E-state index contributed by atoms with van der Waals surface area (Å²) in [5.74, 6) is 0.876. The average molecular weight is 325 g/mol. The lowest BCUT2D eigenvalue weighted by Crippen LogP contribution is -2.09. The van der Waals surface area contributed by atoms with Crippen molar-refractivity contribution >= 4 is 34.0 Å². The third-order valence-corrected chi connectivity index (χ3v) is 3.75. The van der Waals surface area contributed by atoms with Crippen LogP contribution in [0.25, 0.3) is 10.9 Å². The highest BCUT2D eigenvalue weighted by Crippen LogP contribution is 2.24. The first-order valence-corrected chi connectivity index (χ1v) is 7.81. The molecule has 0 saturated heterocycles. The van der Waals surface area contributed by atoms with E-state index in [2.05, 4.69) is 20.3 Å². The molecule has 0 atom stereocenters. The van der Waals surface area contributed by atoms with E-state index in [1.54, 1.807) is 18.6 Å². The lowest BCUT2D eigenvalue weighted by molar-refractivity contribution is 0.962. The minimum Gasteiger partial charge on any atom is -0.344 e. The summed E-state index contributed by atoms with van der Waals surface area (Å²) in [5, 5.41) is 5.06. The van der Waals surface area contributed by atoms with Crippen LogP contribution in [0.5, 0.6) is 0 Å². The van der Waals surface area contributed by atoms with E-state index in [-0.39, 0.29) is 0 Å². The number of aliphatic imine (C=N–C) groups is 1. The van der Waals surface area contributed by atoms with Gasteiger partial charge in [0.25, 0.3) is 0 Å². The van der Waals surface area contributed by atoms with E-state index >= 15 is 0 Å². The average Bonchev–Trinajstić information content (AvgIpc) is 2.56. The molecule has 0 aliphatic rings. The number of rotatable bonds is 4. The summed E-state index contributed by atoms with van der Waals surface area (Å²) < 4.78 is 0. The van der Waals surface area contributed by atoms with Gasteiger partial charge in [0.2, 0.25) is 0 Å². The van der Waals surface area contributed by atoms with Crippen LogP contribution in [-0.4, -0.2) is 22.3 Å². The molecule has 1 aromatic carbocycles. The van der Waals surface area contributed by atoms with Gasteiger partial charge in [0.15, 0.2) is 0 Å². The molecule has 3 rings (SSSR count). The summed E-state index contributed by atoms with van der Waals surface area (Å²) in [6, 6.07) is 11.7. The normalized spacial score (nSPS) is 11.7. The van der Waals surface area contributed by atoms with Crippen molar-refractivity contribution in [1.29, 1.82) is 0 Å². The smallest absolute Gasteiger partial charge is 0.0975 e. The van der Waals surface area contributed by atoms with E-state index in [4.69, 9.17) is 11.6 Å². The Kier molecular flexibility index (Phi) is 4.83. The maximum absolute atomic E-state index is 6.01. The van der Waals surface area contributed by atoms with E-state index in [0.717, 1.165) is 35.4 Å². The number of nitrogens with zero attached hydrogens (tertiary/aromatic N) is 3. The van der Waals surface area contributed by atoms with Crippen molar-refractivity contribution in [1.82, 2.24) is 9.97 Å². The van der Waals surface area contributed by atoms with Gasteiger partial charge in [-0.25, -0.2) is 0 Å². The molecule has 0 amide bonds. The number of nitrogens with one attached hydrogen (secondary N) is 1. The summed E-state index contributed by atoms with van der Waals surface area (Å²) in [4.78, 5) is 12.9. The predicted molar refractivity (Wildman–Crippen MR) is 96.3 cm³/mol. The van der Waals surface area contributed by atoms with E-state index in [1.807, 2.05) is 43.3 Å². The van der Waals surface area contributed by atoms with Crippen molar-refractivity contribution < 1.29 is 0 Å². The van der Waals surface area contributed by atoms with Crippen molar-refractivity contribution in [2.75, 3.05) is 11.9 Å². The van der Waals surface area contributed by atoms with E-state index in [9.17, 15) is 0 Å². The first kappa shape index (κ1) is 15.4. The van der Waals surface area contributed by atoms with Gasteiger partial charge in [0.05, 0.1) is 17.0 Å². The van der Waals surface area contributed by atoms with Gasteiger partial charge in [-0.2, -0.15) is 0 Å². The van der Waals surface area contributed by atoms with Gasteiger partial charge >= 0.3 is 0 Å². The van der Waals surface area contributed by atoms with Crippen LogP contribution in [0.3, 0.4) is 0 Å². The molecule has 4 nitrogen and oxygen atoms in total. The Morgan fingerprint density at radius 3 is 2.78 bits per heavy atom. The Labute approximate surface area is 140 Å². The van der Waals surface area contributed by atoms with Crippen LogP contribution in [0.1, 0.15) is 12.5 Å². The topological polar surface area (TPSA) is 50.2 Å². The zero-order valence-electron chi connectivity index (χ0n) is 12.8. The number of benzene rings is 1. The summed E-state index contributed by atoms with van der Waals surface area (Å²) in [7, 11) is 0. The number of fused-ring (bicyclic) bond motifs is 1. The highest BCUT2D eigenvalue weighted by Gasteiger charge is 2.03. The highest BCUT2D eigenvalue weighted by molar-refractivity contribution is 6.31. The van der Waals surface area contributed by atoms with Gasteiger partial charge in [0, 0.05) is 35.5 Å². The molecule has 0 spiro atoms. The monoisotopic (exact) mass is 324 g/mol. The molecule has 3 aromatic rings. The van der Waals surface area contributed by atoms with Crippen LogP contribution in [0.15, 0.2) is 60.0 Å². The van der Waals surface area contributed by atoms with Gasteiger partial charge in [0.1, 0.15) is 0 Å². The lowest BCUT2D eigenvalue weighted by atomic mass is 10.2. The Bertz CT molecular complexity index is 831. The van der Waals surface area contributed by atoms with Gasteiger partial charge in [-0.15, -0.1) is 0 Å². The standard InChI is InChI=1S/C18H17ClN4/c1-13(21-10-6-14-4-8-20-9-5-14)23-17-7-11-22-18-12-15(19)2-3-16(17)18/h2-5,7-9,11-12H,6,10H2,1H3,(H,21,22,23). The first-order chi connectivity index (χ1) is 11.2. The summed E-state index contributed by atoms with van der Waals surface area (Å²) >= 11 is 6.01. The quantitative estimate of drug-likeness (QED) is 0.573. The fourth-order valence-corrected chi connectivity index (χ4v) is 2.53. The fraction of sp³-hybridized carbons (Fsp3) is 0.167. The van der Waals surface area contributed by atoms with Crippen LogP contribution in [0.2, 0.25) is 5.02 Å². The van der Waals surface area contributed by atoms with Gasteiger partial charge < -0.3 is 5.32 Å². The molecule has 116 valence electrons. The van der Waals surface area contributed by atoms with Crippen LogP contribution >= 0.6 is 11.6 Å². The molecule has 1 N–H and O–H groups in total. The molecule has 23 heavy (non-hydrogen) atoms. The van der Waals surface area contributed by atoms with Gasteiger partial charge in [-0.05, 0) is 55.3 Å². The van der Waals surface area contributed by atoms with E-state index in [1.165, 1.54) is 5.56 Å². The van der Waals surface area contributed by atoms with Crippen LogP contribution < -0.4 is 5.32 Å². The molecule has 5 heteroatoms. The summed E-state index contributed by atoms with van der Waals surface area (Å²) in [6.07, 6.45) is 6.27. The Morgan fingerprint density at radius 2 is 1.96 bits per heavy atom. The SMILES string of the molecule is CC(=NCCc1ccncc1)Nc1ccnc2cc(Cl)ccc12. The third-order valence-electron chi connectivity index (χ3n) is 3.52. The number of hydrogen-bond acceptors (Lipinski definition) is 3. The number of hydrogen-bond donors (Lipinski definition) is 1. The molecule has 0 saturated carbocycles. The second kappa shape index (κ2) is 7.20. The minimum atomic E-state index is 0.685. The number of anilines is 1. The van der Waals surface area contributed by atoms with Crippen LogP contribution in [0, 0.1) is 0 Å². The number of amidine groups is 1. The van der Waals surface area contributed by atoms with Gasteiger partial charge in [-0.3, -0.25) is 15.0 Å². The van der Waals surface area contributed by atoms with Crippen LogP contribution in [0.4, 0.5) is 5.69 Å². The molecular weight excluding hydrogens is 308 g/mol. The van der Waals surface area contributed by atoms with Crippen molar-refractivity contribution in [2.24, 2.45) is 4.99 Å². The van der Waals surface area contributed by atoms with Crippen LogP contribution in [-0.2, 0) is 6.42 Å². The molecule has 2 aromatic heterocycles. The highest BCUT2D eigenvalue weighted by atomic mass is 35.5. The molecule has 0 aliphatic heterocycles. The zero-order valence-corrected chi connectivity index (χ0v) is 13.6.